The number of nitrogens with zero attached hydrogens (tertiary/aromatic N) is 2. The van der Waals surface area contributed by atoms with Crippen molar-refractivity contribution in [1.29, 1.82) is 0 Å². The van der Waals surface area contributed by atoms with Gasteiger partial charge in [0.1, 0.15) is 0 Å². The molecule has 17 heavy (non-hydrogen) atoms. The molecule has 0 radical (unpaired) electrons. The van der Waals surface area contributed by atoms with Gasteiger partial charge in [-0.25, -0.2) is 0 Å². The Hall–Kier alpha value is -1.32. The molecule has 4 heteroatoms. The Bertz CT molecular complexity index is 493. The van der Waals surface area contributed by atoms with Gasteiger partial charge in [0.2, 0.25) is 0 Å². The second-order valence-electron chi connectivity index (χ2n) is 4.01. The first-order valence-corrected chi connectivity index (χ1v) is 6.13. The molecule has 2 rings (SSSR count). The van der Waals surface area contributed by atoms with Crippen molar-refractivity contribution in [2.24, 2.45) is 5.73 Å². The largest absolute Gasteiger partial charge is 0.319 e. The SMILES string of the molecule is CCCn1nccc1C(N)c1cccc(Cl)c1. The van der Waals surface area contributed by atoms with Gasteiger partial charge < -0.3 is 5.73 Å². The topological polar surface area (TPSA) is 43.8 Å². The lowest BCUT2D eigenvalue weighted by molar-refractivity contribution is 0.560. The third-order valence-corrected chi connectivity index (χ3v) is 2.95. The van der Waals surface area contributed by atoms with Crippen LogP contribution in [0.15, 0.2) is 36.5 Å². The van der Waals surface area contributed by atoms with Gasteiger partial charge in [0.05, 0.1) is 11.7 Å². The molecule has 2 N–H and O–H groups in total. The van der Waals surface area contributed by atoms with Crippen molar-refractivity contribution in [3.05, 3.63) is 52.8 Å². The molecule has 0 fully saturated rings. The van der Waals surface area contributed by atoms with Crippen molar-refractivity contribution in [2.75, 3.05) is 0 Å². The molecule has 1 aromatic heterocycles. The van der Waals surface area contributed by atoms with Gasteiger partial charge in [-0.2, -0.15) is 5.10 Å². The minimum Gasteiger partial charge on any atom is -0.319 e. The average Bonchev–Trinajstić information content (AvgIpc) is 2.77. The van der Waals surface area contributed by atoms with E-state index in [9.17, 15) is 0 Å². The molecule has 1 unspecified atom stereocenters. The molecule has 1 atom stereocenters. The van der Waals surface area contributed by atoms with E-state index in [0.717, 1.165) is 24.2 Å². The van der Waals surface area contributed by atoms with Crippen LogP contribution in [0.2, 0.25) is 5.02 Å². The van der Waals surface area contributed by atoms with E-state index in [1.807, 2.05) is 35.0 Å². The second-order valence-corrected chi connectivity index (χ2v) is 4.45. The summed E-state index contributed by atoms with van der Waals surface area (Å²) in [5, 5.41) is 4.99. The third kappa shape index (κ3) is 2.68. The number of aromatic nitrogens is 2. The number of halogens is 1. The Morgan fingerprint density at radius 3 is 2.94 bits per heavy atom. The molecule has 0 aliphatic carbocycles. The third-order valence-electron chi connectivity index (χ3n) is 2.71. The van der Waals surface area contributed by atoms with Gasteiger partial charge in [0.25, 0.3) is 0 Å². The molecule has 2 aromatic rings. The van der Waals surface area contributed by atoms with Crippen LogP contribution in [0.25, 0.3) is 0 Å². The van der Waals surface area contributed by atoms with Crippen molar-refractivity contribution in [3.63, 3.8) is 0 Å². The fraction of sp³-hybridized carbons (Fsp3) is 0.308. The zero-order valence-electron chi connectivity index (χ0n) is 9.81. The van der Waals surface area contributed by atoms with Crippen molar-refractivity contribution in [1.82, 2.24) is 9.78 Å². The van der Waals surface area contributed by atoms with Crippen molar-refractivity contribution in [2.45, 2.75) is 25.9 Å². The minimum atomic E-state index is -0.178. The molecule has 0 saturated heterocycles. The molecule has 0 bridgehead atoms. The summed E-state index contributed by atoms with van der Waals surface area (Å²) in [6.45, 7) is 3.01. The minimum absolute atomic E-state index is 0.178. The van der Waals surface area contributed by atoms with Crippen LogP contribution in [0.4, 0.5) is 0 Å². The summed E-state index contributed by atoms with van der Waals surface area (Å²) in [4.78, 5) is 0. The van der Waals surface area contributed by atoms with E-state index in [4.69, 9.17) is 17.3 Å². The van der Waals surface area contributed by atoms with Crippen LogP contribution in [0.3, 0.4) is 0 Å². The van der Waals surface area contributed by atoms with E-state index in [0.29, 0.717) is 5.02 Å². The highest BCUT2D eigenvalue weighted by Crippen LogP contribution is 2.22. The summed E-state index contributed by atoms with van der Waals surface area (Å²) < 4.78 is 1.95. The normalized spacial score (nSPS) is 12.6. The lowest BCUT2D eigenvalue weighted by atomic mass is 10.0. The Labute approximate surface area is 106 Å². The van der Waals surface area contributed by atoms with Crippen LogP contribution < -0.4 is 5.73 Å². The number of aryl methyl sites for hydroxylation is 1. The summed E-state index contributed by atoms with van der Waals surface area (Å²) in [6.07, 6.45) is 2.83. The van der Waals surface area contributed by atoms with E-state index in [1.165, 1.54) is 0 Å². The Morgan fingerprint density at radius 1 is 1.41 bits per heavy atom. The molecule has 0 saturated carbocycles. The zero-order chi connectivity index (χ0) is 12.3. The molecule has 1 aromatic carbocycles. The van der Waals surface area contributed by atoms with E-state index in [1.54, 1.807) is 6.20 Å². The Kier molecular flexibility index (Phi) is 3.82. The van der Waals surface area contributed by atoms with Crippen LogP contribution in [-0.4, -0.2) is 9.78 Å². The summed E-state index contributed by atoms with van der Waals surface area (Å²) >= 11 is 5.97. The monoisotopic (exact) mass is 249 g/mol. The molecular formula is C13H16ClN3. The van der Waals surface area contributed by atoms with Crippen molar-refractivity contribution >= 4 is 11.6 Å². The average molecular weight is 250 g/mol. The number of hydrogen-bond acceptors (Lipinski definition) is 2. The van der Waals surface area contributed by atoms with Gasteiger partial charge in [-0.15, -0.1) is 0 Å². The van der Waals surface area contributed by atoms with Gasteiger partial charge in [-0.3, -0.25) is 4.68 Å². The second kappa shape index (κ2) is 5.34. The van der Waals surface area contributed by atoms with Gasteiger partial charge in [-0.05, 0) is 30.2 Å². The highest BCUT2D eigenvalue weighted by atomic mass is 35.5. The maximum atomic E-state index is 6.24. The van der Waals surface area contributed by atoms with E-state index in [-0.39, 0.29) is 6.04 Å². The molecule has 0 amide bonds. The number of rotatable bonds is 4. The zero-order valence-corrected chi connectivity index (χ0v) is 10.6. The van der Waals surface area contributed by atoms with Gasteiger partial charge in [0.15, 0.2) is 0 Å². The van der Waals surface area contributed by atoms with E-state index in [2.05, 4.69) is 12.0 Å². The molecule has 0 aliphatic heterocycles. The lowest BCUT2D eigenvalue weighted by Crippen LogP contribution is -2.17. The van der Waals surface area contributed by atoms with Crippen molar-refractivity contribution in [3.8, 4) is 0 Å². The number of nitrogens with two attached hydrogens (primary N) is 1. The lowest BCUT2D eigenvalue weighted by Gasteiger charge is -2.14. The van der Waals surface area contributed by atoms with Crippen LogP contribution in [0.1, 0.15) is 30.6 Å². The standard InChI is InChI=1S/C13H16ClN3/c1-2-8-17-12(6-7-16-17)13(15)10-4-3-5-11(14)9-10/h3-7,9,13H,2,8,15H2,1H3. The summed E-state index contributed by atoms with van der Waals surface area (Å²) in [5.74, 6) is 0. The maximum Gasteiger partial charge on any atom is 0.0723 e. The van der Waals surface area contributed by atoms with Crippen LogP contribution in [0.5, 0.6) is 0 Å². The predicted octanol–water partition coefficient (Wildman–Crippen LogP) is 2.99. The molecule has 3 nitrogen and oxygen atoms in total. The first-order chi connectivity index (χ1) is 8.22. The highest BCUT2D eigenvalue weighted by molar-refractivity contribution is 6.30. The van der Waals surface area contributed by atoms with Crippen LogP contribution >= 0.6 is 11.6 Å². The first-order valence-electron chi connectivity index (χ1n) is 5.75. The molecular weight excluding hydrogens is 234 g/mol. The van der Waals surface area contributed by atoms with Gasteiger partial charge in [-0.1, -0.05) is 30.7 Å². The fourth-order valence-electron chi connectivity index (χ4n) is 1.88. The van der Waals surface area contributed by atoms with Gasteiger partial charge >= 0.3 is 0 Å². The van der Waals surface area contributed by atoms with Crippen LogP contribution in [-0.2, 0) is 6.54 Å². The summed E-state index contributed by atoms with van der Waals surface area (Å²) in [6, 6.07) is 9.43. The van der Waals surface area contributed by atoms with E-state index >= 15 is 0 Å². The van der Waals surface area contributed by atoms with Crippen LogP contribution in [0, 0.1) is 0 Å². The Morgan fingerprint density at radius 2 is 2.24 bits per heavy atom. The van der Waals surface area contributed by atoms with Gasteiger partial charge in [0, 0.05) is 17.8 Å². The smallest absolute Gasteiger partial charge is 0.0723 e. The summed E-state index contributed by atoms with van der Waals surface area (Å²) in [7, 11) is 0. The quantitative estimate of drug-likeness (QED) is 0.905. The first kappa shape index (κ1) is 12.1. The van der Waals surface area contributed by atoms with E-state index < -0.39 is 0 Å². The maximum absolute atomic E-state index is 6.24. The highest BCUT2D eigenvalue weighted by Gasteiger charge is 2.13. The Balaban J connectivity index is 2.30. The number of hydrogen-bond donors (Lipinski definition) is 1. The molecule has 0 spiro atoms. The summed E-state index contributed by atoms with van der Waals surface area (Å²) in [5.41, 5.74) is 8.27. The predicted molar refractivity (Wildman–Crippen MR) is 70.0 cm³/mol. The fourth-order valence-corrected chi connectivity index (χ4v) is 2.08. The molecule has 1 heterocycles. The number of benzene rings is 1. The molecule has 0 aliphatic rings. The molecule has 90 valence electrons. The van der Waals surface area contributed by atoms with Crippen molar-refractivity contribution < 1.29 is 0 Å².